The van der Waals surface area contributed by atoms with Gasteiger partial charge in [-0.1, -0.05) is 180 Å². The van der Waals surface area contributed by atoms with E-state index in [1.165, 1.54) is 167 Å². The van der Waals surface area contributed by atoms with Gasteiger partial charge in [-0.3, -0.25) is 9.59 Å². The average molecular weight is 547 g/mol. The Morgan fingerprint density at radius 1 is 0.385 bits per heavy atom. The highest BCUT2D eigenvalue weighted by atomic mass is 16.6. The van der Waals surface area contributed by atoms with E-state index in [1.54, 1.807) is 0 Å². The van der Waals surface area contributed by atoms with Gasteiger partial charge in [0, 0.05) is 12.8 Å². The zero-order chi connectivity index (χ0) is 27.6. The molecular weight excluding hydrogens is 480 g/mol. The second-order valence-electron chi connectivity index (χ2n) is 13.3. The fourth-order valence-electron chi connectivity index (χ4n) is 7.06. The molecule has 39 heavy (non-hydrogen) atoms. The smallest absolute Gasteiger partial charge is 0.313 e. The third kappa shape index (κ3) is 20.6. The van der Waals surface area contributed by atoms with Crippen molar-refractivity contribution in [2.75, 3.05) is 0 Å². The van der Waals surface area contributed by atoms with Gasteiger partial charge in [0.05, 0.1) is 0 Å². The summed E-state index contributed by atoms with van der Waals surface area (Å²) in [6.45, 7) is 0. The lowest BCUT2D eigenvalue weighted by Crippen LogP contribution is -2.11. The Bertz CT molecular complexity index is 524. The van der Waals surface area contributed by atoms with Crippen LogP contribution >= 0.6 is 0 Å². The molecule has 0 spiro atoms. The number of carbonyl (C=O) groups excluding carboxylic acids is 2. The first kappa shape index (κ1) is 34.3. The Labute approximate surface area is 243 Å². The van der Waals surface area contributed by atoms with Crippen LogP contribution in [0, 0.1) is 11.8 Å². The van der Waals surface area contributed by atoms with Crippen LogP contribution in [0.3, 0.4) is 0 Å². The normalized spacial score (nSPS) is 16.3. The monoisotopic (exact) mass is 547 g/mol. The number of carbonyl (C=O) groups is 2. The van der Waals surface area contributed by atoms with Crippen LogP contribution in [-0.4, -0.2) is 11.9 Å². The Hall–Kier alpha value is -0.860. The van der Waals surface area contributed by atoms with Gasteiger partial charge in [-0.15, -0.1) is 0 Å². The van der Waals surface area contributed by atoms with E-state index < -0.39 is 0 Å². The van der Waals surface area contributed by atoms with Gasteiger partial charge in [0.2, 0.25) is 0 Å². The molecule has 2 fully saturated rings. The van der Waals surface area contributed by atoms with E-state index in [1.807, 2.05) is 0 Å². The van der Waals surface area contributed by atoms with Crippen molar-refractivity contribution in [2.45, 2.75) is 205 Å². The first-order chi connectivity index (χ1) is 19.2. The second-order valence-corrected chi connectivity index (χ2v) is 13.3. The number of hydrogen-bond donors (Lipinski definition) is 0. The lowest BCUT2D eigenvalue weighted by atomic mass is 9.99. The van der Waals surface area contributed by atoms with Gasteiger partial charge in [-0.2, -0.15) is 0 Å². The third-order valence-electron chi connectivity index (χ3n) is 9.66. The number of hydrogen-bond acceptors (Lipinski definition) is 3. The summed E-state index contributed by atoms with van der Waals surface area (Å²) in [5.74, 6) is 1.47. The summed E-state index contributed by atoms with van der Waals surface area (Å²) in [6.07, 6.45) is 41.2. The Morgan fingerprint density at radius 3 is 0.949 bits per heavy atom. The van der Waals surface area contributed by atoms with Gasteiger partial charge in [0.25, 0.3) is 0 Å². The van der Waals surface area contributed by atoms with Gasteiger partial charge in [0.1, 0.15) is 0 Å². The van der Waals surface area contributed by atoms with Crippen LogP contribution in [0.15, 0.2) is 0 Å². The van der Waals surface area contributed by atoms with Gasteiger partial charge in [-0.05, 0) is 24.7 Å². The number of esters is 2. The molecule has 0 aromatic rings. The summed E-state index contributed by atoms with van der Waals surface area (Å²) < 4.78 is 5.02. The van der Waals surface area contributed by atoms with E-state index in [0.717, 1.165) is 37.5 Å². The predicted molar refractivity (Wildman–Crippen MR) is 166 cm³/mol. The third-order valence-corrected chi connectivity index (χ3v) is 9.66. The van der Waals surface area contributed by atoms with Crippen LogP contribution in [-0.2, 0) is 14.3 Å². The molecule has 0 bridgehead atoms. The minimum absolute atomic E-state index is 0.319. The standard InChI is InChI=1S/C36H66O3/c37-35(31-19-15-11-7-3-1-5-9-13-17-25-33-27-21-22-28-33)39-36(38)32-20-16-12-8-4-2-6-10-14-18-26-34-29-23-24-30-34/h33-34H,1-32H2. The minimum atomic E-state index is -0.319. The molecule has 0 radical (unpaired) electrons. The van der Waals surface area contributed by atoms with E-state index in [2.05, 4.69) is 0 Å². The van der Waals surface area contributed by atoms with Gasteiger partial charge >= 0.3 is 11.9 Å². The lowest BCUT2D eigenvalue weighted by molar-refractivity contribution is -0.159. The molecule has 228 valence electrons. The molecule has 0 aromatic heterocycles. The molecule has 0 amide bonds. The van der Waals surface area contributed by atoms with Crippen LogP contribution in [0.4, 0.5) is 0 Å². The molecule has 2 saturated carbocycles. The molecule has 2 aliphatic rings. The minimum Gasteiger partial charge on any atom is -0.393 e. The molecule has 0 N–H and O–H groups in total. The van der Waals surface area contributed by atoms with Gasteiger partial charge in [0.15, 0.2) is 0 Å². The summed E-state index contributed by atoms with van der Waals surface area (Å²) in [5.41, 5.74) is 0. The van der Waals surface area contributed by atoms with Crippen molar-refractivity contribution in [1.29, 1.82) is 0 Å². The predicted octanol–water partition coefficient (Wildman–Crippen LogP) is 11.8. The molecule has 0 aliphatic heterocycles. The van der Waals surface area contributed by atoms with Crippen LogP contribution in [0.2, 0.25) is 0 Å². The van der Waals surface area contributed by atoms with Gasteiger partial charge < -0.3 is 4.74 Å². The first-order valence-corrected chi connectivity index (χ1v) is 18.0. The first-order valence-electron chi connectivity index (χ1n) is 18.0. The highest BCUT2D eigenvalue weighted by molar-refractivity contribution is 5.85. The lowest BCUT2D eigenvalue weighted by Gasteiger charge is -2.08. The number of ether oxygens (including phenoxy) is 1. The largest absolute Gasteiger partial charge is 0.393 e. The maximum atomic E-state index is 11.9. The summed E-state index contributed by atoms with van der Waals surface area (Å²) in [7, 11) is 0. The van der Waals surface area contributed by atoms with E-state index in [9.17, 15) is 9.59 Å². The van der Waals surface area contributed by atoms with Crippen LogP contribution in [0.5, 0.6) is 0 Å². The molecule has 0 unspecified atom stereocenters. The van der Waals surface area contributed by atoms with Crippen molar-refractivity contribution >= 4 is 11.9 Å². The van der Waals surface area contributed by atoms with Gasteiger partial charge in [-0.25, -0.2) is 0 Å². The van der Waals surface area contributed by atoms with Crippen molar-refractivity contribution in [2.24, 2.45) is 11.8 Å². The summed E-state index contributed by atoms with van der Waals surface area (Å²) >= 11 is 0. The van der Waals surface area contributed by atoms with Crippen LogP contribution in [0.1, 0.15) is 205 Å². The quantitative estimate of drug-likeness (QED) is 0.0615. The van der Waals surface area contributed by atoms with E-state index in [-0.39, 0.29) is 11.9 Å². The highest BCUT2D eigenvalue weighted by Gasteiger charge is 2.14. The fraction of sp³-hybridized carbons (Fsp3) is 0.944. The van der Waals surface area contributed by atoms with Crippen molar-refractivity contribution < 1.29 is 14.3 Å². The SMILES string of the molecule is O=C(CCCCCCCCCCCCC1CCCC1)OC(=O)CCCCCCCCCCCCC1CCCC1. The highest BCUT2D eigenvalue weighted by Crippen LogP contribution is 2.30. The summed E-state index contributed by atoms with van der Waals surface area (Å²) in [5, 5.41) is 0. The molecule has 2 rings (SSSR count). The molecule has 3 nitrogen and oxygen atoms in total. The summed E-state index contributed by atoms with van der Waals surface area (Å²) in [4.78, 5) is 23.8. The van der Waals surface area contributed by atoms with E-state index in [0.29, 0.717) is 12.8 Å². The average Bonchev–Trinajstić information content (AvgIpc) is 3.64. The summed E-state index contributed by atoms with van der Waals surface area (Å²) in [6, 6.07) is 0. The fourth-order valence-corrected chi connectivity index (χ4v) is 7.06. The molecule has 2 aliphatic carbocycles. The zero-order valence-electron chi connectivity index (χ0n) is 26.0. The Kier molecular flexibility index (Phi) is 21.9. The molecule has 0 saturated heterocycles. The van der Waals surface area contributed by atoms with Crippen LogP contribution in [0.25, 0.3) is 0 Å². The molecular formula is C36H66O3. The topological polar surface area (TPSA) is 43.4 Å². The van der Waals surface area contributed by atoms with Crippen molar-refractivity contribution in [3.05, 3.63) is 0 Å². The zero-order valence-corrected chi connectivity index (χ0v) is 26.0. The Morgan fingerprint density at radius 2 is 0.641 bits per heavy atom. The van der Waals surface area contributed by atoms with E-state index >= 15 is 0 Å². The molecule has 0 atom stereocenters. The maximum absolute atomic E-state index is 11.9. The Balaban J connectivity index is 1.22. The molecule has 3 heteroatoms. The van der Waals surface area contributed by atoms with Crippen LogP contribution < -0.4 is 0 Å². The van der Waals surface area contributed by atoms with Crippen molar-refractivity contribution in [3.63, 3.8) is 0 Å². The van der Waals surface area contributed by atoms with Crippen molar-refractivity contribution in [1.82, 2.24) is 0 Å². The molecule has 0 aromatic carbocycles. The second kappa shape index (κ2) is 24.9. The maximum Gasteiger partial charge on any atom is 0.313 e. The molecule has 0 heterocycles. The number of unbranched alkanes of at least 4 members (excludes halogenated alkanes) is 18. The van der Waals surface area contributed by atoms with E-state index in [4.69, 9.17) is 4.74 Å². The van der Waals surface area contributed by atoms with Crippen molar-refractivity contribution in [3.8, 4) is 0 Å². The number of rotatable bonds is 26.